The summed E-state index contributed by atoms with van der Waals surface area (Å²) in [5, 5.41) is 0. The van der Waals surface area contributed by atoms with E-state index in [-0.39, 0.29) is 12.1 Å². The Morgan fingerprint density at radius 1 is 1.20 bits per heavy atom. The maximum absolute atomic E-state index is 12.3. The first-order chi connectivity index (χ1) is 4.27. The summed E-state index contributed by atoms with van der Waals surface area (Å²) >= 11 is 0. The lowest BCUT2D eigenvalue weighted by molar-refractivity contribution is 0.282. The predicted octanol–water partition coefficient (Wildman–Crippen LogP) is 3.32. The lowest BCUT2D eigenvalue weighted by atomic mass is 9.99. The van der Waals surface area contributed by atoms with Gasteiger partial charge in [0.2, 0.25) is 0 Å². The summed E-state index contributed by atoms with van der Waals surface area (Å²) in [6.07, 6.45) is 0. The van der Waals surface area contributed by atoms with Crippen LogP contribution in [0.1, 0.15) is 13.8 Å². The Morgan fingerprint density at radius 2 is 1.60 bits per heavy atom. The number of hydrogen-bond acceptors (Lipinski definition) is 0. The molecular weight excluding hydrogens is 143 g/mol. The van der Waals surface area contributed by atoms with Gasteiger partial charge in [0, 0.05) is 8.07 Å². The molecule has 0 bridgehead atoms. The SMILES string of the molecule is CC(C)(CF)C[Si](C)(C)C. The van der Waals surface area contributed by atoms with Crippen LogP contribution in [0.3, 0.4) is 0 Å². The Labute approximate surface area is 64.8 Å². The number of halogens is 1. The molecule has 0 spiro atoms. The van der Waals surface area contributed by atoms with E-state index in [2.05, 4.69) is 19.6 Å². The van der Waals surface area contributed by atoms with Crippen LogP contribution < -0.4 is 0 Å². The molecule has 0 saturated carbocycles. The van der Waals surface area contributed by atoms with Crippen molar-refractivity contribution in [3.63, 3.8) is 0 Å². The molecule has 0 heterocycles. The third-order valence-electron chi connectivity index (χ3n) is 1.37. The largest absolute Gasteiger partial charge is 0.251 e. The molecule has 0 aromatic carbocycles. The Kier molecular flexibility index (Phi) is 3.08. The van der Waals surface area contributed by atoms with Gasteiger partial charge in [0.05, 0.1) is 6.67 Å². The monoisotopic (exact) mass is 162 g/mol. The second-order valence-electron chi connectivity index (χ2n) is 5.04. The van der Waals surface area contributed by atoms with Gasteiger partial charge in [0.25, 0.3) is 0 Å². The molecule has 0 N–H and O–H groups in total. The summed E-state index contributed by atoms with van der Waals surface area (Å²) in [5.74, 6) is 0. The maximum atomic E-state index is 12.3. The van der Waals surface area contributed by atoms with Crippen molar-refractivity contribution in [1.82, 2.24) is 0 Å². The van der Waals surface area contributed by atoms with Crippen molar-refractivity contribution < 1.29 is 4.39 Å². The van der Waals surface area contributed by atoms with E-state index < -0.39 is 8.07 Å². The van der Waals surface area contributed by atoms with Gasteiger partial charge in [-0.15, -0.1) is 0 Å². The topological polar surface area (TPSA) is 0 Å². The fourth-order valence-electron chi connectivity index (χ4n) is 1.48. The van der Waals surface area contributed by atoms with Crippen molar-refractivity contribution in [3.05, 3.63) is 0 Å². The Hall–Kier alpha value is 0.147. The minimum Gasteiger partial charge on any atom is -0.251 e. The highest BCUT2D eigenvalue weighted by molar-refractivity contribution is 6.76. The standard InChI is InChI=1S/C8H19FSi/c1-8(2,6-9)7-10(3,4)5/h6-7H2,1-5H3. The smallest absolute Gasteiger partial charge is 0.0942 e. The molecule has 0 fully saturated rings. The van der Waals surface area contributed by atoms with Crippen LogP contribution in [0.5, 0.6) is 0 Å². The Bertz CT molecular complexity index is 102. The van der Waals surface area contributed by atoms with E-state index in [1.807, 2.05) is 13.8 Å². The average molecular weight is 162 g/mol. The highest BCUT2D eigenvalue weighted by Crippen LogP contribution is 2.28. The minimum absolute atomic E-state index is 0.0789. The van der Waals surface area contributed by atoms with Crippen molar-refractivity contribution in [1.29, 1.82) is 0 Å². The molecule has 0 aromatic heterocycles. The maximum Gasteiger partial charge on any atom is 0.0942 e. The summed E-state index contributed by atoms with van der Waals surface area (Å²) in [5.41, 5.74) is -0.0789. The van der Waals surface area contributed by atoms with E-state index in [0.717, 1.165) is 6.04 Å². The highest BCUT2D eigenvalue weighted by Gasteiger charge is 2.26. The van der Waals surface area contributed by atoms with Gasteiger partial charge in [-0.1, -0.05) is 39.5 Å². The van der Waals surface area contributed by atoms with Crippen LogP contribution in [-0.2, 0) is 0 Å². The summed E-state index contributed by atoms with van der Waals surface area (Å²) < 4.78 is 12.3. The van der Waals surface area contributed by atoms with Crippen LogP contribution in [0.25, 0.3) is 0 Å². The quantitative estimate of drug-likeness (QED) is 0.558. The van der Waals surface area contributed by atoms with Gasteiger partial charge in [0.15, 0.2) is 0 Å². The molecule has 0 aliphatic carbocycles. The van der Waals surface area contributed by atoms with Crippen LogP contribution >= 0.6 is 0 Å². The first kappa shape index (κ1) is 10.1. The predicted molar refractivity (Wildman–Crippen MR) is 47.9 cm³/mol. The lowest BCUT2D eigenvalue weighted by Crippen LogP contribution is -2.29. The van der Waals surface area contributed by atoms with Gasteiger partial charge in [-0.3, -0.25) is 4.39 Å². The summed E-state index contributed by atoms with van der Waals surface area (Å²) in [7, 11) is -1.05. The van der Waals surface area contributed by atoms with Gasteiger partial charge >= 0.3 is 0 Å². The van der Waals surface area contributed by atoms with Gasteiger partial charge < -0.3 is 0 Å². The van der Waals surface area contributed by atoms with Crippen molar-refractivity contribution in [3.8, 4) is 0 Å². The molecule has 0 aromatic rings. The summed E-state index contributed by atoms with van der Waals surface area (Å²) in [4.78, 5) is 0. The van der Waals surface area contributed by atoms with Gasteiger partial charge in [-0.05, 0) is 5.41 Å². The number of alkyl halides is 1. The lowest BCUT2D eigenvalue weighted by Gasteiger charge is -2.28. The molecule has 0 nitrogen and oxygen atoms in total. The molecule has 0 amide bonds. The second-order valence-corrected chi connectivity index (χ2v) is 10.5. The van der Waals surface area contributed by atoms with Crippen molar-refractivity contribution >= 4 is 8.07 Å². The van der Waals surface area contributed by atoms with Crippen LogP contribution in [0.15, 0.2) is 0 Å². The number of rotatable bonds is 3. The molecule has 0 aliphatic rings. The molecule has 0 radical (unpaired) electrons. The molecule has 0 atom stereocenters. The van der Waals surface area contributed by atoms with E-state index in [1.165, 1.54) is 0 Å². The van der Waals surface area contributed by atoms with Gasteiger partial charge in [-0.2, -0.15) is 0 Å². The van der Waals surface area contributed by atoms with Crippen LogP contribution in [0, 0.1) is 5.41 Å². The average Bonchev–Trinajstić information content (AvgIpc) is 1.60. The van der Waals surface area contributed by atoms with Crippen LogP contribution in [0.2, 0.25) is 25.7 Å². The van der Waals surface area contributed by atoms with Crippen LogP contribution in [0.4, 0.5) is 4.39 Å². The van der Waals surface area contributed by atoms with E-state index in [4.69, 9.17) is 0 Å². The fraction of sp³-hybridized carbons (Fsp3) is 1.00. The molecule has 0 saturated heterocycles. The molecule has 10 heavy (non-hydrogen) atoms. The zero-order valence-corrected chi connectivity index (χ0v) is 8.79. The zero-order valence-electron chi connectivity index (χ0n) is 7.79. The second kappa shape index (κ2) is 3.03. The van der Waals surface area contributed by atoms with E-state index >= 15 is 0 Å². The van der Waals surface area contributed by atoms with Gasteiger partial charge in [-0.25, -0.2) is 0 Å². The first-order valence-corrected chi connectivity index (χ1v) is 7.54. The molecular formula is C8H19FSi. The first-order valence-electron chi connectivity index (χ1n) is 3.83. The Balaban J connectivity index is 3.89. The zero-order chi connectivity index (χ0) is 8.41. The normalized spacial score (nSPS) is 13.8. The molecule has 0 aliphatic heterocycles. The van der Waals surface area contributed by atoms with E-state index in [9.17, 15) is 4.39 Å². The highest BCUT2D eigenvalue weighted by atomic mass is 28.3. The third-order valence-corrected chi connectivity index (χ3v) is 3.39. The third kappa shape index (κ3) is 4.97. The Morgan fingerprint density at radius 3 is 1.70 bits per heavy atom. The van der Waals surface area contributed by atoms with Crippen molar-refractivity contribution in [2.24, 2.45) is 5.41 Å². The minimum atomic E-state index is -1.05. The summed E-state index contributed by atoms with van der Waals surface area (Å²) in [6, 6.07) is 1.08. The van der Waals surface area contributed by atoms with Crippen LogP contribution in [-0.4, -0.2) is 14.7 Å². The molecule has 0 unspecified atom stereocenters. The van der Waals surface area contributed by atoms with Crippen molar-refractivity contribution in [2.45, 2.75) is 39.5 Å². The van der Waals surface area contributed by atoms with Gasteiger partial charge in [0.1, 0.15) is 0 Å². The van der Waals surface area contributed by atoms with E-state index in [0.29, 0.717) is 0 Å². The summed E-state index contributed by atoms with van der Waals surface area (Å²) in [6.45, 7) is 10.7. The molecule has 62 valence electrons. The van der Waals surface area contributed by atoms with E-state index in [1.54, 1.807) is 0 Å². The van der Waals surface area contributed by atoms with Crippen molar-refractivity contribution in [2.75, 3.05) is 6.67 Å². The molecule has 2 heteroatoms. The number of hydrogen-bond donors (Lipinski definition) is 0. The fourth-order valence-corrected chi connectivity index (χ4v) is 4.45. The molecule has 0 rings (SSSR count).